The van der Waals surface area contributed by atoms with Crippen molar-refractivity contribution in [3.63, 3.8) is 0 Å². The Hall–Kier alpha value is -1.62. The van der Waals surface area contributed by atoms with Crippen LogP contribution in [0.4, 0.5) is 0 Å². The first-order chi connectivity index (χ1) is 10.9. The van der Waals surface area contributed by atoms with E-state index in [2.05, 4.69) is 27.4 Å². The molecule has 0 radical (unpaired) electrons. The Bertz CT molecular complexity index is 757. The van der Waals surface area contributed by atoms with E-state index in [9.17, 15) is 9.90 Å². The van der Waals surface area contributed by atoms with Gasteiger partial charge in [0.1, 0.15) is 17.3 Å². The average Bonchev–Trinajstić information content (AvgIpc) is 2.89. The normalized spacial score (nSPS) is 17.1. The van der Waals surface area contributed by atoms with Crippen LogP contribution in [0.15, 0.2) is 16.6 Å². The molecule has 5 heteroatoms. The molecule has 0 fully saturated rings. The van der Waals surface area contributed by atoms with Crippen molar-refractivity contribution in [2.24, 2.45) is 5.92 Å². The minimum absolute atomic E-state index is 0.0153. The van der Waals surface area contributed by atoms with Gasteiger partial charge in [0.2, 0.25) is 5.78 Å². The summed E-state index contributed by atoms with van der Waals surface area (Å²) in [6, 6.07) is 3.43. The number of halogens is 1. The third-order valence-electron chi connectivity index (χ3n) is 4.54. The van der Waals surface area contributed by atoms with Crippen LogP contribution in [0.5, 0.6) is 5.75 Å². The van der Waals surface area contributed by atoms with Crippen molar-refractivity contribution in [2.75, 3.05) is 0 Å². The minimum Gasteiger partial charge on any atom is -0.506 e. The number of aromatic hydroxyl groups is 1. The number of carbonyl (C=O) groups excluding carboxylic acids is 1. The van der Waals surface area contributed by atoms with E-state index in [1.807, 2.05) is 6.92 Å². The Kier molecular flexibility index (Phi) is 4.32. The van der Waals surface area contributed by atoms with E-state index in [1.54, 1.807) is 19.1 Å². The monoisotopic (exact) mass is 376 g/mol. The van der Waals surface area contributed by atoms with Crippen LogP contribution >= 0.6 is 15.9 Å². The topological polar surface area (TPSA) is 55.1 Å². The maximum atomic E-state index is 13.1. The largest absolute Gasteiger partial charge is 0.506 e. The predicted molar refractivity (Wildman–Crippen MR) is 93.1 cm³/mol. The maximum absolute atomic E-state index is 13.1. The van der Waals surface area contributed by atoms with Gasteiger partial charge in [0.25, 0.3) is 0 Å². The summed E-state index contributed by atoms with van der Waals surface area (Å²) in [7, 11) is 0. The van der Waals surface area contributed by atoms with Crippen LogP contribution in [-0.4, -0.2) is 20.4 Å². The maximum Gasteiger partial charge on any atom is 0.211 e. The fourth-order valence-electron chi connectivity index (χ4n) is 3.22. The summed E-state index contributed by atoms with van der Waals surface area (Å²) < 4.78 is 2.65. The van der Waals surface area contributed by atoms with E-state index < -0.39 is 0 Å². The number of imidazole rings is 1. The molecule has 2 heterocycles. The highest BCUT2D eigenvalue weighted by atomic mass is 79.9. The van der Waals surface area contributed by atoms with Crippen LogP contribution in [0, 0.1) is 12.8 Å². The van der Waals surface area contributed by atoms with Crippen molar-refractivity contribution in [3.05, 3.63) is 44.9 Å². The van der Waals surface area contributed by atoms with Gasteiger partial charge < -0.3 is 9.67 Å². The molecule has 0 aliphatic carbocycles. The molecular formula is C18H21BrN2O2. The number of aromatic nitrogens is 2. The van der Waals surface area contributed by atoms with Gasteiger partial charge in [0, 0.05) is 18.5 Å². The van der Waals surface area contributed by atoms with Gasteiger partial charge in [-0.1, -0.05) is 13.8 Å². The molecule has 1 N–H and O–H groups in total. The molecular weight excluding hydrogens is 356 g/mol. The summed E-state index contributed by atoms with van der Waals surface area (Å²) in [5.41, 5.74) is 2.86. The minimum atomic E-state index is -0.0153. The Morgan fingerprint density at radius 3 is 2.87 bits per heavy atom. The molecule has 0 saturated heterocycles. The number of phenols is 1. The van der Waals surface area contributed by atoms with Crippen LogP contribution in [-0.2, 0) is 19.4 Å². The van der Waals surface area contributed by atoms with Crippen molar-refractivity contribution in [3.8, 4) is 5.75 Å². The van der Waals surface area contributed by atoms with Gasteiger partial charge in [0.15, 0.2) is 0 Å². The fraction of sp³-hybridized carbons (Fsp3) is 0.444. The fourth-order valence-corrected chi connectivity index (χ4v) is 3.78. The Morgan fingerprint density at radius 2 is 2.22 bits per heavy atom. The van der Waals surface area contributed by atoms with Gasteiger partial charge in [0.05, 0.1) is 10.2 Å². The lowest BCUT2D eigenvalue weighted by Crippen LogP contribution is -2.22. The zero-order valence-electron chi connectivity index (χ0n) is 13.7. The number of nitrogens with zero attached hydrogens (tertiary/aromatic N) is 2. The van der Waals surface area contributed by atoms with Crippen molar-refractivity contribution < 1.29 is 9.90 Å². The van der Waals surface area contributed by atoms with Gasteiger partial charge >= 0.3 is 0 Å². The van der Waals surface area contributed by atoms with Crippen molar-refractivity contribution in [1.82, 2.24) is 9.55 Å². The number of fused-ring (bicyclic) bond motifs is 1. The quantitative estimate of drug-likeness (QED) is 0.822. The average molecular weight is 377 g/mol. The molecule has 1 aliphatic rings. The molecule has 1 aromatic heterocycles. The van der Waals surface area contributed by atoms with E-state index >= 15 is 0 Å². The number of rotatable bonds is 3. The zero-order valence-corrected chi connectivity index (χ0v) is 15.3. The van der Waals surface area contributed by atoms with E-state index in [4.69, 9.17) is 4.98 Å². The van der Waals surface area contributed by atoms with Crippen molar-refractivity contribution in [2.45, 2.75) is 46.6 Å². The molecule has 1 atom stereocenters. The second-order valence-electron chi connectivity index (χ2n) is 6.38. The lowest BCUT2D eigenvalue weighted by atomic mass is 10.00. The number of phenolic OH excluding ortho intramolecular Hbond substituents is 1. The first-order valence-corrected chi connectivity index (χ1v) is 8.83. The first kappa shape index (κ1) is 16.2. The summed E-state index contributed by atoms with van der Waals surface area (Å²) >= 11 is 3.32. The smallest absolute Gasteiger partial charge is 0.211 e. The number of aryl methyl sites for hydroxylation is 3. The molecule has 0 bridgehead atoms. The highest BCUT2D eigenvalue weighted by Gasteiger charge is 2.27. The van der Waals surface area contributed by atoms with E-state index in [1.165, 1.54) is 0 Å². The van der Waals surface area contributed by atoms with Crippen LogP contribution in [0.3, 0.4) is 0 Å². The molecule has 23 heavy (non-hydrogen) atoms. The molecule has 2 aromatic rings. The van der Waals surface area contributed by atoms with Gasteiger partial charge in [-0.25, -0.2) is 4.98 Å². The second kappa shape index (κ2) is 6.11. The third-order valence-corrected chi connectivity index (χ3v) is 5.14. The molecule has 1 aliphatic heterocycles. The van der Waals surface area contributed by atoms with Crippen LogP contribution in [0.2, 0.25) is 0 Å². The molecule has 0 amide bonds. The number of carbonyl (C=O) groups is 1. The van der Waals surface area contributed by atoms with E-state index in [0.717, 1.165) is 37.3 Å². The third kappa shape index (κ3) is 2.82. The SMILES string of the molecule is CCc1nc2n(c1C(=O)c1cc(C)c(O)c(Br)c1)CC(C)CC2. The molecule has 122 valence electrons. The van der Waals surface area contributed by atoms with Crippen molar-refractivity contribution in [1.29, 1.82) is 0 Å². The zero-order chi connectivity index (χ0) is 16.7. The van der Waals surface area contributed by atoms with Gasteiger partial charge in [-0.2, -0.15) is 0 Å². The van der Waals surface area contributed by atoms with Gasteiger partial charge in [-0.3, -0.25) is 4.79 Å². The van der Waals surface area contributed by atoms with Gasteiger partial charge in [-0.15, -0.1) is 0 Å². The lowest BCUT2D eigenvalue weighted by Gasteiger charge is -2.22. The summed E-state index contributed by atoms with van der Waals surface area (Å²) in [5.74, 6) is 1.75. The Balaban J connectivity index is 2.11. The number of hydrogen-bond acceptors (Lipinski definition) is 3. The Labute approximate surface area is 144 Å². The molecule has 1 unspecified atom stereocenters. The molecule has 3 rings (SSSR count). The van der Waals surface area contributed by atoms with E-state index in [-0.39, 0.29) is 11.5 Å². The molecule has 0 spiro atoms. The second-order valence-corrected chi connectivity index (χ2v) is 7.24. The van der Waals surface area contributed by atoms with Crippen molar-refractivity contribution >= 4 is 21.7 Å². The van der Waals surface area contributed by atoms with Gasteiger partial charge in [-0.05, 0) is 59.3 Å². The number of hydrogen-bond donors (Lipinski definition) is 1. The highest BCUT2D eigenvalue weighted by molar-refractivity contribution is 9.10. The summed E-state index contributed by atoms with van der Waals surface area (Å²) in [6.07, 6.45) is 2.80. The molecule has 4 nitrogen and oxygen atoms in total. The van der Waals surface area contributed by atoms with E-state index in [0.29, 0.717) is 27.2 Å². The van der Waals surface area contributed by atoms with Crippen LogP contribution < -0.4 is 0 Å². The summed E-state index contributed by atoms with van der Waals surface area (Å²) in [5, 5.41) is 9.89. The standard InChI is InChI=1S/C18H21BrN2O2/c1-4-14-16(21-9-10(2)5-6-15(21)20-14)18(23)12-7-11(3)17(22)13(19)8-12/h7-8,10,22H,4-6,9H2,1-3H3. The number of benzene rings is 1. The predicted octanol–water partition coefficient (Wildman–Crippen LogP) is 4.04. The summed E-state index contributed by atoms with van der Waals surface area (Å²) in [6.45, 7) is 6.89. The first-order valence-electron chi connectivity index (χ1n) is 8.04. The molecule has 0 saturated carbocycles. The lowest BCUT2D eigenvalue weighted by molar-refractivity contribution is 0.102. The molecule has 1 aromatic carbocycles. The highest BCUT2D eigenvalue weighted by Crippen LogP contribution is 2.31. The summed E-state index contributed by atoms with van der Waals surface area (Å²) in [4.78, 5) is 17.8. The van der Waals surface area contributed by atoms with Crippen LogP contribution in [0.1, 0.15) is 53.4 Å². The van der Waals surface area contributed by atoms with Crippen LogP contribution in [0.25, 0.3) is 0 Å². The number of ketones is 1. The Morgan fingerprint density at radius 1 is 1.48 bits per heavy atom.